The van der Waals surface area contributed by atoms with Gasteiger partial charge in [0, 0.05) is 17.1 Å². The zero-order valence-corrected chi connectivity index (χ0v) is 15.5. The maximum Gasteiger partial charge on any atom is 0.490 e. The summed E-state index contributed by atoms with van der Waals surface area (Å²) in [6.07, 6.45) is -1.24. The molecule has 1 aliphatic carbocycles. The number of nitrogens with zero attached hydrogens (tertiary/aromatic N) is 1. The van der Waals surface area contributed by atoms with Crippen molar-refractivity contribution in [3.63, 3.8) is 0 Å². The smallest absolute Gasteiger partial charge is 0.475 e. The Hall–Kier alpha value is -1.91. The molecule has 27 heavy (non-hydrogen) atoms. The molecule has 1 saturated carbocycles. The van der Waals surface area contributed by atoms with E-state index in [2.05, 4.69) is 10.3 Å². The third-order valence-electron chi connectivity index (χ3n) is 3.89. The van der Waals surface area contributed by atoms with Gasteiger partial charge in [-0.15, -0.1) is 11.3 Å². The summed E-state index contributed by atoms with van der Waals surface area (Å²) < 4.78 is 32.7. The van der Waals surface area contributed by atoms with Gasteiger partial charge in [-0.3, -0.25) is 4.79 Å². The lowest BCUT2D eigenvalue weighted by Gasteiger charge is -2.26. The Morgan fingerprint density at radius 2 is 1.85 bits per heavy atom. The van der Waals surface area contributed by atoms with Gasteiger partial charge in [0.2, 0.25) is 0 Å². The Labute approximate surface area is 161 Å². The number of carboxylic acids is 1. The van der Waals surface area contributed by atoms with Gasteiger partial charge in [0.25, 0.3) is 5.91 Å². The van der Waals surface area contributed by atoms with E-state index in [0.29, 0.717) is 10.0 Å². The molecule has 0 bridgehead atoms. The van der Waals surface area contributed by atoms with Crippen LogP contribution in [-0.4, -0.2) is 40.2 Å². The second-order valence-corrected chi connectivity index (χ2v) is 7.49. The number of thiazole rings is 1. The maximum atomic E-state index is 12.2. The highest BCUT2D eigenvalue weighted by molar-refractivity contribution is 7.20. The molecule has 6 nitrogen and oxygen atoms in total. The number of fused-ring (bicyclic) bond motifs is 1. The minimum absolute atomic E-state index is 0.0946. The molecule has 0 spiro atoms. The number of alkyl halides is 3. The van der Waals surface area contributed by atoms with Crippen molar-refractivity contribution in [2.75, 3.05) is 0 Å². The number of rotatable bonds is 2. The average molecular weight is 424 g/mol. The normalized spacial score (nSPS) is 19.9. The molecule has 0 aliphatic heterocycles. The summed E-state index contributed by atoms with van der Waals surface area (Å²) in [7, 11) is 0. The first-order valence-electron chi connectivity index (χ1n) is 7.99. The Bertz CT molecular complexity index is 820. The van der Waals surface area contributed by atoms with E-state index >= 15 is 0 Å². The topological polar surface area (TPSA) is 105 Å². The van der Waals surface area contributed by atoms with Crippen LogP contribution in [0.5, 0.6) is 0 Å². The minimum atomic E-state index is -5.08. The molecule has 0 unspecified atom stereocenters. The van der Waals surface area contributed by atoms with Crippen LogP contribution in [0.15, 0.2) is 18.2 Å². The predicted octanol–water partition coefficient (Wildman–Crippen LogP) is 3.58. The largest absolute Gasteiger partial charge is 0.490 e. The third kappa shape index (κ3) is 6.33. The van der Waals surface area contributed by atoms with E-state index in [0.717, 1.165) is 35.9 Å². The van der Waals surface area contributed by atoms with Crippen LogP contribution >= 0.6 is 22.9 Å². The summed E-state index contributed by atoms with van der Waals surface area (Å²) >= 11 is 7.32. The zero-order chi connectivity index (χ0) is 20.2. The van der Waals surface area contributed by atoms with Crippen LogP contribution in [0, 0.1) is 0 Å². The van der Waals surface area contributed by atoms with Crippen molar-refractivity contribution in [3.8, 4) is 0 Å². The van der Waals surface area contributed by atoms with Crippen LogP contribution in [0.3, 0.4) is 0 Å². The molecule has 11 heteroatoms. The quantitative estimate of drug-likeness (QED) is 0.684. The Morgan fingerprint density at radius 1 is 1.26 bits per heavy atom. The molecular weight excluding hydrogens is 407 g/mol. The van der Waals surface area contributed by atoms with Gasteiger partial charge in [0.05, 0.1) is 10.2 Å². The zero-order valence-electron chi connectivity index (χ0n) is 13.9. The van der Waals surface area contributed by atoms with E-state index < -0.39 is 12.1 Å². The van der Waals surface area contributed by atoms with Crippen molar-refractivity contribution in [1.82, 2.24) is 10.3 Å². The first-order chi connectivity index (χ1) is 12.6. The van der Waals surface area contributed by atoms with Crippen molar-refractivity contribution < 1.29 is 27.9 Å². The van der Waals surface area contributed by atoms with Crippen LogP contribution < -0.4 is 11.1 Å². The molecule has 148 valence electrons. The van der Waals surface area contributed by atoms with E-state index in [1.165, 1.54) is 11.3 Å². The fourth-order valence-electron chi connectivity index (χ4n) is 2.51. The molecule has 1 aromatic carbocycles. The Balaban J connectivity index is 0.000000321. The van der Waals surface area contributed by atoms with Gasteiger partial charge < -0.3 is 16.2 Å². The Morgan fingerprint density at radius 3 is 2.41 bits per heavy atom. The molecule has 1 heterocycles. The molecule has 1 fully saturated rings. The second kappa shape index (κ2) is 8.85. The third-order valence-corrected chi connectivity index (χ3v) is 5.15. The van der Waals surface area contributed by atoms with Crippen LogP contribution in [-0.2, 0) is 4.79 Å². The fraction of sp³-hybridized carbons (Fsp3) is 0.438. The Kier molecular flexibility index (Phi) is 7.01. The van der Waals surface area contributed by atoms with E-state index in [9.17, 15) is 18.0 Å². The van der Waals surface area contributed by atoms with Gasteiger partial charge >= 0.3 is 12.1 Å². The fourth-order valence-corrected chi connectivity index (χ4v) is 3.65. The number of nitrogens with two attached hydrogens (primary N) is 1. The predicted molar refractivity (Wildman–Crippen MR) is 96.0 cm³/mol. The summed E-state index contributed by atoms with van der Waals surface area (Å²) in [4.78, 5) is 25.5. The number of nitrogens with one attached hydrogen (secondary N) is 1. The number of hydrogen-bond acceptors (Lipinski definition) is 5. The lowest BCUT2D eigenvalue weighted by molar-refractivity contribution is -0.192. The summed E-state index contributed by atoms with van der Waals surface area (Å²) in [6, 6.07) is 5.97. The van der Waals surface area contributed by atoms with Crippen molar-refractivity contribution >= 4 is 45.0 Å². The number of carboxylic acid groups (broad SMARTS) is 1. The number of aromatic nitrogens is 1. The second-order valence-electron chi connectivity index (χ2n) is 6.02. The molecular formula is C16H17ClF3N3O3S. The van der Waals surface area contributed by atoms with Crippen molar-refractivity contribution in [3.05, 3.63) is 28.2 Å². The number of carbonyl (C=O) groups is 2. The molecule has 1 amide bonds. The monoisotopic (exact) mass is 423 g/mol. The SMILES string of the molecule is N[C@H]1CC[C@H](NC(=O)c2nc3ccc(Cl)cc3s2)CC1.O=C(O)C(F)(F)F. The standard InChI is InChI=1S/C14H16ClN3OS.C2HF3O2/c15-8-1-6-11-12(7-8)20-14(18-11)13(19)17-10-4-2-9(16)3-5-10;3-2(4,5)1(6)7/h1,6-7,9-10H,2-5,16H2,(H,17,19);(H,6,7)/t9-,10-;. The first-order valence-corrected chi connectivity index (χ1v) is 9.18. The molecule has 2 aromatic rings. The van der Waals surface area contributed by atoms with Gasteiger partial charge in [-0.2, -0.15) is 13.2 Å². The molecule has 1 aromatic heterocycles. The van der Waals surface area contributed by atoms with Crippen molar-refractivity contribution in [2.24, 2.45) is 5.73 Å². The van der Waals surface area contributed by atoms with Crippen molar-refractivity contribution in [2.45, 2.75) is 43.9 Å². The summed E-state index contributed by atoms with van der Waals surface area (Å²) in [5.41, 5.74) is 6.68. The molecule has 3 rings (SSSR count). The van der Waals surface area contributed by atoms with E-state index in [-0.39, 0.29) is 18.0 Å². The molecule has 1 aliphatic rings. The highest BCUT2D eigenvalue weighted by Gasteiger charge is 2.38. The molecule has 0 radical (unpaired) electrons. The van der Waals surface area contributed by atoms with E-state index in [4.69, 9.17) is 27.2 Å². The highest BCUT2D eigenvalue weighted by atomic mass is 35.5. The number of amides is 1. The summed E-state index contributed by atoms with van der Waals surface area (Å²) in [6.45, 7) is 0. The number of aliphatic carboxylic acids is 1. The van der Waals surface area contributed by atoms with Gasteiger partial charge in [-0.1, -0.05) is 11.6 Å². The van der Waals surface area contributed by atoms with Crippen LogP contribution in [0.4, 0.5) is 13.2 Å². The lowest BCUT2D eigenvalue weighted by Crippen LogP contribution is -2.40. The highest BCUT2D eigenvalue weighted by Crippen LogP contribution is 2.25. The molecule has 4 N–H and O–H groups in total. The van der Waals surface area contributed by atoms with Crippen LogP contribution in [0.2, 0.25) is 5.02 Å². The number of carbonyl (C=O) groups excluding carboxylic acids is 1. The van der Waals surface area contributed by atoms with E-state index in [1.807, 2.05) is 12.1 Å². The van der Waals surface area contributed by atoms with Gasteiger partial charge in [0.15, 0.2) is 5.01 Å². The van der Waals surface area contributed by atoms with E-state index in [1.54, 1.807) is 6.07 Å². The van der Waals surface area contributed by atoms with Gasteiger partial charge in [-0.25, -0.2) is 9.78 Å². The lowest BCUT2D eigenvalue weighted by atomic mass is 9.92. The van der Waals surface area contributed by atoms with Gasteiger partial charge in [-0.05, 0) is 43.9 Å². The summed E-state index contributed by atoms with van der Waals surface area (Å²) in [5.74, 6) is -2.85. The molecule has 0 saturated heterocycles. The number of hydrogen-bond donors (Lipinski definition) is 3. The van der Waals surface area contributed by atoms with Crippen LogP contribution in [0.25, 0.3) is 10.2 Å². The first kappa shape index (κ1) is 21.4. The van der Waals surface area contributed by atoms with Crippen LogP contribution in [0.1, 0.15) is 35.5 Å². The molecule has 0 atom stereocenters. The minimum Gasteiger partial charge on any atom is -0.475 e. The van der Waals surface area contributed by atoms with Crippen molar-refractivity contribution in [1.29, 1.82) is 0 Å². The summed E-state index contributed by atoms with van der Waals surface area (Å²) in [5, 5.41) is 11.3. The number of benzene rings is 1. The average Bonchev–Trinajstić information content (AvgIpc) is 3.00. The maximum absolute atomic E-state index is 12.2. The van der Waals surface area contributed by atoms with Gasteiger partial charge in [0.1, 0.15) is 0 Å². The number of halogens is 4.